The van der Waals surface area contributed by atoms with E-state index in [0.717, 1.165) is 6.54 Å². The number of aryl methyl sites for hydroxylation is 1. The number of hydrogen-bond donors (Lipinski definition) is 1. The summed E-state index contributed by atoms with van der Waals surface area (Å²) in [5, 5.41) is 8.18. The molecule has 1 aromatic rings. The number of nitrogens with one attached hydrogen (secondary N) is 1. The average Bonchev–Trinajstić information content (AvgIpc) is 2.86. The molecule has 0 aliphatic heterocycles. The summed E-state index contributed by atoms with van der Waals surface area (Å²) < 4.78 is 1.92. The molecule has 0 saturated heterocycles. The molecule has 1 aromatic heterocycles. The summed E-state index contributed by atoms with van der Waals surface area (Å²) >= 11 is 0. The Morgan fingerprint density at radius 3 is 2.55 bits per heavy atom. The Kier molecular flexibility index (Phi) is 5.22. The lowest BCUT2D eigenvalue weighted by atomic mass is 9.73. The van der Waals surface area contributed by atoms with Gasteiger partial charge >= 0.3 is 0 Å². The molecule has 1 aliphatic carbocycles. The second-order valence-electron chi connectivity index (χ2n) is 6.39. The van der Waals surface area contributed by atoms with E-state index in [4.69, 9.17) is 0 Å². The van der Waals surface area contributed by atoms with Gasteiger partial charge in [-0.05, 0) is 39.9 Å². The van der Waals surface area contributed by atoms with Crippen molar-refractivity contribution in [1.29, 1.82) is 0 Å². The maximum Gasteiger partial charge on any atom is 0.0538 e. The van der Waals surface area contributed by atoms with Crippen LogP contribution in [0.3, 0.4) is 0 Å². The van der Waals surface area contributed by atoms with Crippen LogP contribution in [0.2, 0.25) is 0 Å². The highest BCUT2D eigenvalue weighted by atomic mass is 15.3. The fourth-order valence-electron chi connectivity index (χ4n) is 3.65. The molecule has 0 bridgehead atoms. The molecule has 0 aromatic carbocycles. The second-order valence-corrected chi connectivity index (χ2v) is 6.39. The molecule has 1 aliphatic rings. The molecule has 1 unspecified atom stereocenters. The van der Waals surface area contributed by atoms with Crippen molar-refractivity contribution in [2.75, 3.05) is 20.6 Å². The van der Waals surface area contributed by atoms with Gasteiger partial charge in [-0.3, -0.25) is 4.68 Å². The Bertz CT molecular complexity index is 404. The largest absolute Gasteiger partial charge is 0.308 e. The van der Waals surface area contributed by atoms with E-state index in [1.165, 1.54) is 44.1 Å². The maximum absolute atomic E-state index is 4.39. The minimum Gasteiger partial charge on any atom is -0.308 e. The summed E-state index contributed by atoms with van der Waals surface area (Å²) in [5.41, 5.74) is 1.56. The second kappa shape index (κ2) is 6.72. The van der Waals surface area contributed by atoms with Crippen molar-refractivity contribution in [3.8, 4) is 0 Å². The number of hydrogen-bond acceptors (Lipinski definition) is 3. The highest BCUT2D eigenvalue weighted by Gasteiger charge is 2.42. The smallest absolute Gasteiger partial charge is 0.0538 e. The van der Waals surface area contributed by atoms with Crippen LogP contribution in [0.1, 0.15) is 57.1 Å². The lowest BCUT2D eigenvalue weighted by Gasteiger charge is -2.48. The summed E-state index contributed by atoms with van der Waals surface area (Å²) in [5.74, 6) is 0. The highest BCUT2D eigenvalue weighted by Crippen LogP contribution is 2.41. The van der Waals surface area contributed by atoms with Crippen LogP contribution in [-0.2, 0) is 7.05 Å². The van der Waals surface area contributed by atoms with Crippen LogP contribution < -0.4 is 5.32 Å². The molecule has 4 heteroatoms. The molecule has 0 radical (unpaired) electrons. The zero-order valence-corrected chi connectivity index (χ0v) is 13.5. The first-order chi connectivity index (χ1) is 9.60. The van der Waals surface area contributed by atoms with E-state index in [2.05, 4.69) is 42.5 Å². The van der Waals surface area contributed by atoms with Gasteiger partial charge in [0, 0.05) is 24.3 Å². The van der Waals surface area contributed by atoms with Gasteiger partial charge in [0.2, 0.25) is 0 Å². The average molecular weight is 278 g/mol. The molecule has 0 amide bonds. The molecule has 2 rings (SSSR count). The topological polar surface area (TPSA) is 33.1 Å². The molecule has 1 N–H and O–H groups in total. The van der Waals surface area contributed by atoms with E-state index in [0.29, 0.717) is 6.04 Å². The molecule has 4 nitrogen and oxygen atoms in total. The van der Waals surface area contributed by atoms with Gasteiger partial charge in [0.1, 0.15) is 0 Å². The molecule has 1 atom stereocenters. The van der Waals surface area contributed by atoms with Crippen LogP contribution in [0.15, 0.2) is 12.4 Å². The zero-order chi connectivity index (χ0) is 14.6. The minimum absolute atomic E-state index is 0.233. The zero-order valence-electron chi connectivity index (χ0n) is 13.5. The SMILES string of the molecule is CCCNC(c1cnn(C)c1)C1(N(C)C)CCCCC1. The number of aromatic nitrogens is 2. The first kappa shape index (κ1) is 15.5. The van der Waals surface area contributed by atoms with Crippen molar-refractivity contribution in [2.45, 2.75) is 57.0 Å². The van der Waals surface area contributed by atoms with Crippen LogP contribution >= 0.6 is 0 Å². The van der Waals surface area contributed by atoms with Gasteiger partial charge in [-0.25, -0.2) is 0 Å². The van der Waals surface area contributed by atoms with E-state index < -0.39 is 0 Å². The minimum atomic E-state index is 0.233. The van der Waals surface area contributed by atoms with E-state index in [9.17, 15) is 0 Å². The number of nitrogens with zero attached hydrogens (tertiary/aromatic N) is 3. The number of rotatable bonds is 6. The molecule has 1 saturated carbocycles. The van der Waals surface area contributed by atoms with Gasteiger partial charge in [-0.2, -0.15) is 5.10 Å². The molecular formula is C16H30N4. The third-order valence-electron chi connectivity index (χ3n) is 4.80. The quantitative estimate of drug-likeness (QED) is 0.868. The Morgan fingerprint density at radius 1 is 1.35 bits per heavy atom. The predicted molar refractivity (Wildman–Crippen MR) is 83.7 cm³/mol. The third-order valence-corrected chi connectivity index (χ3v) is 4.80. The van der Waals surface area contributed by atoms with E-state index in [1.807, 2.05) is 17.9 Å². The standard InChI is InChI=1S/C16H30N4/c1-5-11-17-15(14-12-18-20(4)13-14)16(19(2)3)9-7-6-8-10-16/h12-13,15,17H,5-11H2,1-4H3. The van der Waals surface area contributed by atoms with Gasteiger partial charge in [0.15, 0.2) is 0 Å². The van der Waals surface area contributed by atoms with Crippen molar-refractivity contribution in [3.05, 3.63) is 18.0 Å². The van der Waals surface area contributed by atoms with Crippen molar-refractivity contribution in [2.24, 2.45) is 7.05 Å². The molecule has 0 spiro atoms. The molecule has 20 heavy (non-hydrogen) atoms. The van der Waals surface area contributed by atoms with Gasteiger partial charge < -0.3 is 10.2 Å². The lowest BCUT2D eigenvalue weighted by molar-refractivity contribution is 0.0564. The van der Waals surface area contributed by atoms with E-state index in [-0.39, 0.29) is 5.54 Å². The fourth-order valence-corrected chi connectivity index (χ4v) is 3.65. The van der Waals surface area contributed by atoms with E-state index in [1.54, 1.807) is 0 Å². The molecule has 114 valence electrons. The van der Waals surface area contributed by atoms with Gasteiger partial charge in [-0.1, -0.05) is 26.2 Å². The first-order valence-corrected chi connectivity index (χ1v) is 7.99. The monoisotopic (exact) mass is 278 g/mol. The Hall–Kier alpha value is -0.870. The summed E-state index contributed by atoms with van der Waals surface area (Å²) in [6.45, 7) is 3.30. The van der Waals surface area contributed by atoms with Gasteiger partial charge in [-0.15, -0.1) is 0 Å². The van der Waals surface area contributed by atoms with Gasteiger partial charge in [0.25, 0.3) is 0 Å². The van der Waals surface area contributed by atoms with Crippen LogP contribution in [0.25, 0.3) is 0 Å². The Morgan fingerprint density at radius 2 is 2.05 bits per heavy atom. The first-order valence-electron chi connectivity index (χ1n) is 7.99. The third kappa shape index (κ3) is 3.07. The van der Waals surface area contributed by atoms with E-state index >= 15 is 0 Å². The maximum atomic E-state index is 4.39. The van der Waals surface area contributed by atoms with Crippen LogP contribution in [-0.4, -0.2) is 40.9 Å². The van der Waals surface area contributed by atoms with Crippen LogP contribution in [0.5, 0.6) is 0 Å². The summed E-state index contributed by atoms with van der Waals surface area (Å²) in [7, 11) is 6.48. The van der Waals surface area contributed by atoms with Crippen LogP contribution in [0.4, 0.5) is 0 Å². The number of likely N-dealkylation sites (N-methyl/N-ethyl adjacent to an activating group) is 1. The highest BCUT2D eigenvalue weighted by molar-refractivity contribution is 5.18. The molecule has 1 heterocycles. The van der Waals surface area contributed by atoms with Crippen molar-refractivity contribution < 1.29 is 0 Å². The fraction of sp³-hybridized carbons (Fsp3) is 0.812. The van der Waals surface area contributed by atoms with Crippen molar-refractivity contribution in [1.82, 2.24) is 20.0 Å². The van der Waals surface area contributed by atoms with Crippen molar-refractivity contribution in [3.63, 3.8) is 0 Å². The normalized spacial score (nSPS) is 20.2. The summed E-state index contributed by atoms with van der Waals surface area (Å²) in [6.07, 6.45) is 12.0. The van der Waals surface area contributed by atoms with Crippen LogP contribution in [0, 0.1) is 0 Å². The summed E-state index contributed by atoms with van der Waals surface area (Å²) in [4.78, 5) is 2.45. The molecule has 1 fully saturated rings. The summed E-state index contributed by atoms with van der Waals surface area (Å²) in [6, 6.07) is 0.381. The molecular weight excluding hydrogens is 248 g/mol. The van der Waals surface area contributed by atoms with Crippen molar-refractivity contribution >= 4 is 0 Å². The lowest BCUT2D eigenvalue weighted by Crippen LogP contribution is -2.55. The Labute approximate surface area is 123 Å². The predicted octanol–water partition coefficient (Wildman–Crippen LogP) is 2.73. The van der Waals surface area contributed by atoms with Gasteiger partial charge in [0.05, 0.1) is 12.2 Å². The Balaban J connectivity index is 2.31.